The Morgan fingerprint density at radius 2 is 1.84 bits per heavy atom. The number of benzene rings is 2. The first kappa shape index (κ1) is 27.6. The molecule has 2 aromatic rings. The molecule has 2 aliphatic rings. The average Bonchev–Trinajstić information content (AvgIpc) is 3.61. The molecule has 1 atom stereocenters. The third kappa shape index (κ3) is 6.32. The van der Waals surface area contributed by atoms with Crippen molar-refractivity contribution in [2.45, 2.75) is 58.2 Å². The molecule has 4 rings (SSSR count). The molecule has 0 aromatic heterocycles. The second-order valence-corrected chi connectivity index (χ2v) is 11.7. The maximum absolute atomic E-state index is 13.8. The third-order valence-electron chi connectivity index (χ3n) is 6.98. The van der Waals surface area contributed by atoms with E-state index < -0.39 is 28.5 Å². The van der Waals surface area contributed by atoms with Crippen molar-refractivity contribution in [2.24, 2.45) is 0 Å². The van der Waals surface area contributed by atoms with E-state index in [9.17, 15) is 18.0 Å². The largest absolute Gasteiger partial charge is 0.497 e. The van der Waals surface area contributed by atoms with Crippen LogP contribution in [0.4, 0.5) is 5.69 Å². The van der Waals surface area contributed by atoms with E-state index >= 15 is 0 Å². The van der Waals surface area contributed by atoms with Gasteiger partial charge in [0.1, 0.15) is 18.3 Å². The van der Waals surface area contributed by atoms with E-state index in [1.165, 1.54) is 11.8 Å². The van der Waals surface area contributed by atoms with Crippen LogP contribution in [0.3, 0.4) is 0 Å². The number of hydrogen-bond acceptors (Lipinski definition) is 7. The molecule has 1 aliphatic carbocycles. The molecule has 10 nitrogen and oxygen atoms in total. The standard InChI is InChI=1S/C27H35N3O7S/c1-4-38(33,34)30(22-12-13-24-25(15-22)37-18-36-24)17-26(31)29(16-20-8-7-11-23(14-20)35-3)19(2)27(32)28-21-9-5-6-10-21/h7-8,11-15,19,21H,4-6,9-10,16-18H2,1-3H3,(H,28,32). The van der Waals surface area contributed by atoms with Crippen molar-refractivity contribution in [3.05, 3.63) is 48.0 Å². The van der Waals surface area contributed by atoms with Gasteiger partial charge in [-0.1, -0.05) is 25.0 Å². The molecule has 1 N–H and O–H groups in total. The molecule has 1 fully saturated rings. The van der Waals surface area contributed by atoms with Gasteiger partial charge < -0.3 is 24.4 Å². The number of ether oxygens (including phenoxy) is 3. The lowest BCUT2D eigenvalue weighted by Gasteiger charge is -2.32. The molecule has 0 radical (unpaired) electrons. The number of carbonyl (C=O) groups is 2. The van der Waals surface area contributed by atoms with E-state index in [0.717, 1.165) is 35.6 Å². The highest BCUT2D eigenvalue weighted by atomic mass is 32.2. The zero-order valence-corrected chi connectivity index (χ0v) is 22.8. The van der Waals surface area contributed by atoms with Gasteiger partial charge in [0.2, 0.25) is 28.6 Å². The number of hydrogen-bond donors (Lipinski definition) is 1. The van der Waals surface area contributed by atoms with Crippen molar-refractivity contribution < 1.29 is 32.2 Å². The first-order valence-electron chi connectivity index (χ1n) is 12.8. The zero-order valence-electron chi connectivity index (χ0n) is 22.0. The summed E-state index contributed by atoms with van der Waals surface area (Å²) in [5.41, 5.74) is 1.04. The van der Waals surface area contributed by atoms with Crippen molar-refractivity contribution in [2.75, 3.05) is 30.5 Å². The minimum absolute atomic E-state index is 0.0418. The Morgan fingerprint density at radius 1 is 1.11 bits per heavy atom. The van der Waals surface area contributed by atoms with Crippen LogP contribution in [0.1, 0.15) is 45.1 Å². The highest BCUT2D eigenvalue weighted by molar-refractivity contribution is 7.92. The Labute approximate surface area is 223 Å². The normalized spacial score (nSPS) is 15.7. The smallest absolute Gasteiger partial charge is 0.244 e. The fourth-order valence-corrected chi connectivity index (χ4v) is 5.76. The topological polar surface area (TPSA) is 114 Å². The number of methoxy groups -OCH3 is 1. The van der Waals surface area contributed by atoms with Gasteiger partial charge in [0.05, 0.1) is 18.6 Å². The molecule has 0 bridgehead atoms. The molecule has 38 heavy (non-hydrogen) atoms. The molecule has 0 spiro atoms. The van der Waals surface area contributed by atoms with E-state index in [1.54, 1.807) is 50.4 Å². The van der Waals surface area contributed by atoms with Crippen LogP contribution in [0.2, 0.25) is 0 Å². The van der Waals surface area contributed by atoms with Crippen molar-refractivity contribution in [1.82, 2.24) is 10.2 Å². The van der Waals surface area contributed by atoms with Gasteiger partial charge >= 0.3 is 0 Å². The molecule has 1 saturated carbocycles. The van der Waals surface area contributed by atoms with E-state index in [1.807, 2.05) is 6.07 Å². The summed E-state index contributed by atoms with van der Waals surface area (Å²) in [6.45, 7) is 2.87. The van der Waals surface area contributed by atoms with Crippen LogP contribution >= 0.6 is 0 Å². The van der Waals surface area contributed by atoms with Crippen LogP contribution in [0.25, 0.3) is 0 Å². The number of carbonyl (C=O) groups excluding carboxylic acids is 2. The van der Waals surface area contributed by atoms with E-state index in [4.69, 9.17) is 14.2 Å². The Morgan fingerprint density at radius 3 is 2.55 bits per heavy atom. The van der Waals surface area contributed by atoms with Gasteiger partial charge in [-0.2, -0.15) is 0 Å². The van der Waals surface area contributed by atoms with Gasteiger partial charge in [-0.15, -0.1) is 0 Å². The van der Waals surface area contributed by atoms with Crippen LogP contribution in [-0.2, 0) is 26.2 Å². The van der Waals surface area contributed by atoms with Crippen LogP contribution in [0.15, 0.2) is 42.5 Å². The molecule has 206 valence electrons. The lowest BCUT2D eigenvalue weighted by Crippen LogP contribution is -2.52. The fraction of sp³-hybridized carbons (Fsp3) is 0.481. The summed E-state index contributed by atoms with van der Waals surface area (Å²) in [5.74, 6) is 0.559. The fourth-order valence-electron chi connectivity index (χ4n) is 4.70. The first-order chi connectivity index (χ1) is 18.2. The monoisotopic (exact) mass is 545 g/mol. The molecule has 2 amide bonds. The lowest BCUT2D eigenvalue weighted by molar-refractivity contribution is -0.139. The van der Waals surface area contributed by atoms with E-state index in [2.05, 4.69) is 5.32 Å². The minimum Gasteiger partial charge on any atom is -0.497 e. The van der Waals surface area contributed by atoms with Gasteiger partial charge in [0.25, 0.3) is 0 Å². The van der Waals surface area contributed by atoms with Gasteiger partial charge in [-0.3, -0.25) is 13.9 Å². The first-order valence-corrected chi connectivity index (χ1v) is 14.5. The van der Waals surface area contributed by atoms with Crippen LogP contribution in [0.5, 0.6) is 17.2 Å². The van der Waals surface area contributed by atoms with Crippen molar-refractivity contribution in [1.29, 1.82) is 0 Å². The zero-order chi connectivity index (χ0) is 27.3. The Balaban J connectivity index is 1.62. The Bertz CT molecular complexity index is 1260. The van der Waals surface area contributed by atoms with Crippen LogP contribution in [-0.4, -0.2) is 63.4 Å². The van der Waals surface area contributed by atoms with E-state index in [-0.39, 0.29) is 36.7 Å². The number of nitrogens with one attached hydrogen (secondary N) is 1. The molecular formula is C27H35N3O7S. The lowest BCUT2D eigenvalue weighted by atomic mass is 10.1. The van der Waals surface area contributed by atoms with Crippen LogP contribution < -0.4 is 23.8 Å². The Kier molecular flexibility index (Phi) is 8.65. The number of anilines is 1. The molecule has 0 saturated heterocycles. The average molecular weight is 546 g/mol. The van der Waals surface area contributed by atoms with Gasteiger partial charge in [0.15, 0.2) is 11.5 Å². The van der Waals surface area contributed by atoms with Crippen LogP contribution in [0, 0.1) is 0 Å². The third-order valence-corrected chi connectivity index (χ3v) is 8.72. The highest BCUT2D eigenvalue weighted by Gasteiger charge is 2.32. The summed E-state index contributed by atoms with van der Waals surface area (Å²) >= 11 is 0. The SMILES string of the molecule is CCS(=O)(=O)N(CC(=O)N(Cc1cccc(OC)c1)C(C)C(=O)NC1CCCC1)c1ccc2c(c1)OCO2. The predicted octanol–water partition coefficient (Wildman–Crippen LogP) is 3.06. The molecule has 1 aliphatic heterocycles. The van der Waals surface area contributed by atoms with Gasteiger partial charge in [-0.25, -0.2) is 8.42 Å². The molecule has 2 aromatic carbocycles. The minimum atomic E-state index is -3.84. The molecule has 1 heterocycles. The molecule has 1 unspecified atom stereocenters. The summed E-state index contributed by atoms with van der Waals surface area (Å²) in [5, 5.41) is 3.06. The highest BCUT2D eigenvalue weighted by Crippen LogP contribution is 2.36. The van der Waals surface area contributed by atoms with Gasteiger partial charge in [-0.05, 0) is 56.5 Å². The van der Waals surface area contributed by atoms with Gasteiger partial charge in [0, 0.05) is 18.7 Å². The molecule has 11 heteroatoms. The second kappa shape index (κ2) is 11.9. The van der Waals surface area contributed by atoms with E-state index in [0.29, 0.717) is 17.2 Å². The van der Waals surface area contributed by atoms with Crippen molar-refractivity contribution in [3.8, 4) is 17.2 Å². The molecular weight excluding hydrogens is 510 g/mol. The number of nitrogens with zero attached hydrogens (tertiary/aromatic N) is 2. The second-order valence-electron chi connectivity index (χ2n) is 9.48. The maximum Gasteiger partial charge on any atom is 0.244 e. The summed E-state index contributed by atoms with van der Waals surface area (Å²) in [7, 11) is -2.28. The maximum atomic E-state index is 13.8. The number of fused-ring (bicyclic) bond motifs is 1. The summed E-state index contributed by atoms with van der Waals surface area (Å²) in [4.78, 5) is 28.4. The number of rotatable bonds is 11. The van der Waals surface area contributed by atoms with Crippen molar-refractivity contribution >= 4 is 27.5 Å². The van der Waals surface area contributed by atoms with Crippen molar-refractivity contribution in [3.63, 3.8) is 0 Å². The number of sulfonamides is 1. The summed E-state index contributed by atoms with van der Waals surface area (Å²) < 4.78 is 43.4. The summed E-state index contributed by atoms with van der Waals surface area (Å²) in [6, 6.07) is 11.2. The summed E-state index contributed by atoms with van der Waals surface area (Å²) in [6.07, 6.45) is 3.94. The predicted molar refractivity (Wildman–Crippen MR) is 143 cm³/mol. The Hall–Kier alpha value is -3.47. The number of amides is 2. The quantitative estimate of drug-likeness (QED) is 0.462.